The summed E-state index contributed by atoms with van der Waals surface area (Å²) in [7, 11) is 1.13. The average molecular weight is 101 g/mol. The number of methoxy groups -OCH3 is 1. The Balaban J connectivity index is 3.58. The summed E-state index contributed by atoms with van der Waals surface area (Å²) in [5.74, 6) is 0. The van der Waals surface area contributed by atoms with Crippen LogP contribution in [0.3, 0.4) is 0 Å². The molecule has 0 saturated carbocycles. The molecule has 0 N–H and O–H groups in total. The zero-order chi connectivity index (χ0) is 5.70. The van der Waals surface area contributed by atoms with Crippen molar-refractivity contribution in [2.75, 3.05) is 7.11 Å². The molecule has 0 saturated heterocycles. The van der Waals surface area contributed by atoms with Gasteiger partial charge in [0, 0.05) is 0 Å². The van der Waals surface area contributed by atoms with Gasteiger partial charge in [0.25, 0.3) is 0 Å². The molecule has 0 heterocycles. The van der Waals surface area contributed by atoms with Gasteiger partial charge in [0.1, 0.15) is 0 Å². The molecule has 4 nitrogen and oxygen atoms in total. The molecule has 0 aromatic rings. The van der Waals surface area contributed by atoms with Crippen molar-refractivity contribution in [3.63, 3.8) is 0 Å². The number of carbonyl (C=O) groups excluding carboxylic acids is 2. The van der Waals surface area contributed by atoms with Gasteiger partial charge in [-0.3, -0.25) is 0 Å². The molecule has 0 aliphatic carbocycles. The molecular weight excluding hydrogens is 98.0 g/mol. The van der Waals surface area contributed by atoms with E-state index in [9.17, 15) is 9.59 Å². The molecule has 0 bridgehead atoms. The molecule has 38 valence electrons. The number of isocyanates is 1. The van der Waals surface area contributed by atoms with E-state index >= 15 is 0 Å². The largest absolute Gasteiger partial charge is 0.451 e. The molecule has 7 heavy (non-hydrogen) atoms. The smallest absolute Gasteiger partial charge is 0.444 e. The average Bonchev–Trinajstić information content (AvgIpc) is 1.68. The number of nitrogens with zero attached hydrogens (tertiary/aromatic N) is 1. The summed E-state index contributed by atoms with van der Waals surface area (Å²) in [4.78, 5) is 21.5. The van der Waals surface area contributed by atoms with E-state index in [4.69, 9.17) is 0 Å². The van der Waals surface area contributed by atoms with Crippen LogP contribution in [0.4, 0.5) is 4.79 Å². The Morgan fingerprint density at radius 1 is 1.86 bits per heavy atom. The van der Waals surface area contributed by atoms with Gasteiger partial charge in [-0.2, -0.15) is 0 Å². The minimum Gasteiger partial charge on any atom is -0.451 e. The van der Waals surface area contributed by atoms with Gasteiger partial charge >= 0.3 is 6.09 Å². The molecule has 0 aromatic heterocycles. The summed E-state index contributed by atoms with van der Waals surface area (Å²) in [6.07, 6.45) is 0.0975. The lowest BCUT2D eigenvalue weighted by atomic mass is 11.2. The van der Waals surface area contributed by atoms with Crippen LogP contribution in [-0.4, -0.2) is 19.3 Å². The molecule has 0 fully saturated rings. The molecule has 0 spiro atoms. The van der Waals surface area contributed by atoms with E-state index in [-0.39, 0.29) is 0 Å². The fraction of sp³-hybridized carbons (Fsp3) is 0.333. The number of hydrogen-bond donors (Lipinski definition) is 0. The SMILES string of the molecule is COC(=O)N=C=O. The zero-order valence-electron chi connectivity index (χ0n) is 3.67. The van der Waals surface area contributed by atoms with E-state index in [0.717, 1.165) is 13.2 Å². The highest BCUT2D eigenvalue weighted by Gasteiger charge is 1.88. The third-order valence-corrected chi connectivity index (χ3v) is 0.312. The van der Waals surface area contributed by atoms with Crippen molar-refractivity contribution in [3.8, 4) is 0 Å². The van der Waals surface area contributed by atoms with E-state index in [1.54, 1.807) is 0 Å². The monoisotopic (exact) mass is 101 g/mol. The van der Waals surface area contributed by atoms with Gasteiger partial charge < -0.3 is 4.74 Å². The number of amides is 1. The predicted octanol–water partition coefficient (Wildman–Crippen LogP) is 0.0886. The molecule has 4 heteroatoms. The Morgan fingerprint density at radius 2 is 2.43 bits per heavy atom. The number of aliphatic imine (C=N–C) groups is 1. The van der Waals surface area contributed by atoms with Gasteiger partial charge in [0.05, 0.1) is 7.11 Å². The minimum atomic E-state index is -0.921. The van der Waals surface area contributed by atoms with E-state index in [1.807, 2.05) is 0 Å². The first-order chi connectivity index (χ1) is 3.31. The molecule has 1 amide bonds. The summed E-state index contributed by atoms with van der Waals surface area (Å²) in [6, 6.07) is 0. The fourth-order valence-electron chi connectivity index (χ4n) is 0.0829. The molecule has 0 aliphatic heterocycles. The van der Waals surface area contributed by atoms with Gasteiger partial charge in [-0.25, -0.2) is 9.59 Å². The second-order valence-corrected chi connectivity index (χ2v) is 0.673. The van der Waals surface area contributed by atoms with Crippen molar-refractivity contribution < 1.29 is 14.3 Å². The Bertz CT molecular complexity index is 113. The second-order valence-electron chi connectivity index (χ2n) is 0.673. The van der Waals surface area contributed by atoms with Crippen LogP contribution in [0.15, 0.2) is 4.99 Å². The van der Waals surface area contributed by atoms with Crippen LogP contribution in [0.25, 0.3) is 0 Å². The zero-order valence-corrected chi connectivity index (χ0v) is 3.67. The molecule has 0 aliphatic rings. The Labute approximate surface area is 39.8 Å². The van der Waals surface area contributed by atoms with Crippen molar-refractivity contribution in [1.29, 1.82) is 0 Å². The van der Waals surface area contributed by atoms with Gasteiger partial charge in [0.15, 0.2) is 0 Å². The van der Waals surface area contributed by atoms with E-state index in [1.165, 1.54) is 0 Å². The van der Waals surface area contributed by atoms with Crippen LogP contribution >= 0.6 is 0 Å². The molecule has 0 radical (unpaired) electrons. The first kappa shape index (κ1) is 5.85. The second kappa shape index (κ2) is 3.06. The quantitative estimate of drug-likeness (QED) is 0.321. The number of carbonyl (C=O) groups is 1. The summed E-state index contributed by atoms with van der Waals surface area (Å²) in [5, 5.41) is 0. The maximum absolute atomic E-state index is 9.76. The van der Waals surface area contributed by atoms with Crippen molar-refractivity contribution in [2.45, 2.75) is 0 Å². The van der Waals surface area contributed by atoms with Gasteiger partial charge in [0.2, 0.25) is 6.08 Å². The highest BCUT2D eigenvalue weighted by Crippen LogP contribution is 1.72. The number of rotatable bonds is 0. The minimum absolute atomic E-state index is 0.921. The van der Waals surface area contributed by atoms with Crippen LogP contribution in [0.2, 0.25) is 0 Å². The Morgan fingerprint density at radius 3 is 2.57 bits per heavy atom. The normalized spacial score (nSPS) is 6.43. The van der Waals surface area contributed by atoms with Gasteiger partial charge in [-0.05, 0) is 0 Å². The number of hydrogen-bond acceptors (Lipinski definition) is 3. The molecule has 0 aromatic carbocycles. The Hall–Kier alpha value is -1.15. The number of ether oxygens (including phenoxy) is 1. The summed E-state index contributed by atoms with van der Waals surface area (Å²) in [5.41, 5.74) is 0. The van der Waals surface area contributed by atoms with Crippen molar-refractivity contribution in [3.05, 3.63) is 0 Å². The highest BCUT2D eigenvalue weighted by atomic mass is 16.5. The van der Waals surface area contributed by atoms with Crippen LogP contribution in [0.1, 0.15) is 0 Å². The van der Waals surface area contributed by atoms with Gasteiger partial charge in [-0.15, -0.1) is 0 Å². The van der Waals surface area contributed by atoms with Crippen LogP contribution in [0, 0.1) is 0 Å². The van der Waals surface area contributed by atoms with Crippen LogP contribution < -0.4 is 0 Å². The lowest BCUT2D eigenvalue weighted by molar-refractivity contribution is 0.182. The molecule has 0 atom stereocenters. The maximum Gasteiger partial charge on any atom is 0.444 e. The Kier molecular flexibility index (Phi) is 2.55. The highest BCUT2D eigenvalue weighted by molar-refractivity contribution is 5.73. The fourth-order valence-corrected chi connectivity index (χ4v) is 0.0829. The predicted molar refractivity (Wildman–Crippen MR) is 20.5 cm³/mol. The van der Waals surface area contributed by atoms with E-state index in [2.05, 4.69) is 9.73 Å². The molecule has 0 rings (SSSR count). The first-order valence-electron chi connectivity index (χ1n) is 1.47. The maximum atomic E-state index is 9.76. The van der Waals surface area contributed by atoms with Crippen LogP contribution in [-0.2, 0) is 9.53 Å². The lowest BCUT2D eigenvalue weighted by Gasteiger charge is -1.80. The van der Waals surface area contributed by atoms with E-state index < -0.39 is 6.09 Å². The summed E-state index contributed by atoms with van der Waals surface area (Å²) in [6.45, 7) is 0. The summed E-state index contributed by atoms with van der Waals surface area (Å²) >= 11 is 0. The third kappa shape index (κ3) is 2.66. The third-order valence-electron chi connectivity index (χ3n) is 0.312. The van der Waals surface area contributed by atoms with Crippen LogP contribution in [0.5, 0.6) is 0 Å². The lowest BCUT2D eigenvalue weighted by Crippen LogP contribution is -1.89. The first-order valence-corrected chi connectivity index (χ1v) is 1.47. The van der Waals surface area contributed by atoms with E-state index in [0.29, 0.717) is 0 Å². The molecule has 0 unspecified atom stereocenters. The summed E-state index contributed by atoms with van der Waals surface area (Å²) < 4.78 is 3.92. The van der Waals surface area contributed by atoms with Crippen molar-refractivity contribution >= 4 is 12.2 Å². The molecular formula is C3H3NO3. The van der Waals surface area contributed by atoms with Gasteiger partial charge in [-0.1, -0.05) is 4.99 Å². The van der Waals surface area contributed by atoms with Crippen molar-refractivity contribution in [2.24, 2.45) is 4.99 Å². The van der Waals surface area contributed by atoms with Crippen molar-refractivity contribution in [1.82, 2.24) is 0 Å². The topological polar surface area (TPSA) is 55.7 Å². The standard InChI is InChI=1S/C3H3NO3/c1-7-3(6)4-2-5/h1H3.